The van der Waals surface area contributed by atoms with E-state index in [1.807, 2.05) is 35.1 Å². The molecule has 1 aliphatic heterocycles. The van der Waals surface area contributed by atoms with Gasteiger partial charge in [-0.2, -0.15) is 5.10 Å². The van der Waals surface area contributed by atoms with E-state index in [0.717, 1.165) is 57.5 Å². The van der Waals surface area contributed by atoms with Crippen LogP contribution in [-0.4, -0.2) is 43.2 Å². The van der Waals surface area contributed by atoms with Gasteiger partial charge in [0, 0.05) is 40.9 Å². The van der Waals surface area contributed by atoms with Crippen molar-refractivity contribution in [2.75, 3.05) is 6.54 Å². The molecular formula is C24H25N5O2. The molecule has 0 saturated carbocycles. The van der Waals surface area contributed by atoms with Crippen LogP contribution in [0.5, 0.6) is 0 Å². The van der Waals surface area contributed by atoms with Gasteiger partial charge in [-0.05, 0) is 43.9 Å². The second-order valence-electron chi connectivity index (χ2n) is 8.21. The molecule has 7 nitrogen and oxygen atoms in total. The van der Waals surface area contributed by atoms with Gasteiger partial charge in [-0.25, -0.2) is 9.50 Å². The summed E-state index contributed by atoms with van der Waals surface area (Å²) in [6.45, 7) is 4.85. The Hall–Kier alpha value is -3.32. The summed E-state index contributed by atoms with van der Waals surface area (Å²) in [5.74, 6) is -0.599. The molecule has 31 heavy (non-hydrogen) atoms. The van der Waals surface area contributed by atoms with Gasteiger partial charge in [0.25, 0.3) is 0 Å². The summed E-state index contributed by atoms with van der Waals surface area (Å²) in [6, 6.07) is 9.72. The first-order valence-corrected chi connectivity index (χ1v) is 10.7. The Morgan fingerprint density at radius 3 is 2.84 bits per heavy atom. The van der Waals surface area contributed by atoms with E-state index in [1.165, 1.54) is 0 Å². The van der Waals surface area contributed by atoms with Gasteiger partial charge in [-0.1, -0.05) is 25.1 Å². The number of piperidine rings is 1. The largest absolute Gasteiger partial charge is 0.480 e. The molecule has 0 aliphatic carbocycles. The lowest BCUT2D eigenvalue weighted by molar-refractivity contribution is -0.140. The number of pyridine rings is 1. The van der Waals surface area contributed by atoms with Crippen LogP contribution in [0.3, 0.4) is 0 Å². The molecule has 5 rings (SSSR count). The van der Waals surface area contributed by atoms with Crippen LogP contribution in [0, 0.1) is 6.92 Å². The Morgan fingerprint density at radius 1 is 1.26 bits per heavy atom. The Bertz CT molecular complexity index is 1290. The van der Waals surface area contributed by atoms with Crippen molar-refractivity contribution in [2.24, 2.45) is 0 Å². The minimum Gasteiger partial charge on any atom is -0.480 e. The topological polar surface area (TPSA) is 92.4 Å². The number of nitrogens with one attached hydrogen (secondary N) is 1. The van der Waals surface area contributed by atoms with Gasteiger partial charge in [0.1, 0.15) is 6.04 Å². The number of hydrogen-bond acceptors (Lipinski definition) is 5. The number of benzene rings is 1. The molecule has 0 amide bonds. The van der Waals surface area contributed by atoms with E-state index in [0.29, 0.717) is 13.0 Å². The van der Waals surface area contributed by atoms with Crippen LogP contribution in [0.2, 0.25) is 0 Å². The summed E-state index contributed by atoms with van der Waals surface area (Å²) in [5.41, 5.74) is 7.06. The number of nitrogens with zero attached hydrogens (tertiary/aromatic N) is 4. The number of para-hydroxylation sites is 1. The van der Waals surface area contributed by atoms with Crippen molar-refractivity contribution in [1.29, 1.82) is 0 Å². The van der Waals surface area contributed by atoms with Gasteiger partial charge in [-0.15, -0.1) is 0 Å². The van der Waals surface area contributed by atoms with Crippen molar-refractivity contribution in [3.63, 3.8) is 0 Å². The van der Waals surface area contributed by atoms with Crippen LogP contribution in [0.25, 0.3) is 27.7 Å². The average Bonchev–Trinajstić information content (AvgIpc) is 3.22. The molecular weight excluding hydrogens is 390 g/mol. The molecule has 2 atom stereocenters. The molecule has 0 bridgehead atoms. The first-order chi connectivity index (χ1) is 15.1. The Morgan fingerprint density at radius 2 is 2.10 bits per heavy atom. The quantitative estimate of drug-likeness (QED) is 0.528. The van der Waals surface area contributed by atoms with E-state index >= 15 is 0 Å². The number of carboxylic acids is 1. The van der Waals surface area contributed by atoms with Crippen molar-refractivity contribution in [1.82, 2.24) is 24.9 Å². The highest BCUT2D eigenvalue weighted by molar-refractivity contribution is 5.86. The van der Waals surface area contributed by atoms with Crippen LogP contribution in [0.15, 0.2) is 42.7 Å². The molecule has 7 heteroatoms. The summed E-state index contributed by atoms with van der Waals surface area (Å²) in [5, 5.41) is 18.2. The minimum absolute atomic E-state index is 0.184. The van der Waals surface area contributed by atoms with E-state index < -0.39 is 12.0 Å². The highest BCUT2D eigenvalue weighted by Crippen LogP contribution is 2.32. The second-order valence-corrected chi connectivity index (χ2v) is 8.21. The van der Waals surface area contributed by atoms with E-state index in [-0.39, 0.29) is 5.92 Å². The fourth-order valence-electron chi connectivity index (χ4n) is 4.69. The summed E-state index contributed by atoms with van der Waals surface area (Å²) in [6.07, 6.45) is 6.00. The number of aliphatic carboxylic acids is 1. The van der Waals surface area contributed by atoms with E-state index in [1.54, 1.807) is 0 Å². The van der Waals surface area contributed by atoms with E-state index in [4.69, 9.17) is 4.98 Å². The lowest BCUT2D eigenvalue weighted by Crippen LogP contribution is -2.43. The predicted octanol–water partition coefficient (Wildman–Crippen LogP) is 3.74. The van der Waals surface area contributed by atoms with Crippen LogP contribution < -0.4 is 5.32 Å². The highest BCUT2D eigenvalue weighted by Gasteiger charge is 2.29. The molecule has 1 aromatic carbocycles. The first-order valence-electron chi connectivity index (χ1n) is 10.7. The van der Waals surface area contributed by atoms with Crippen LogP contribution in [0.1, 0.15) is 42.6 Å². The second kappa shape index (κ2) is 7.74. The van der Waals surface area contributed by atoms with Gasteiger partial charge in [-0.3, -0.25) is 9.78 Å². The summed E-state index contributed by atoms with van der Waals surface area (Å²) >= 11 is 0. The zero-order valence-corrected chi connectivity index (χ0v) is 17.7. The third-order valence-electron chi connectivity index (χ3n) is 6.38. The maximum absolute atomic E-state index is 11.3. The SMILES string of the molecule is CCc1c(C)c(C2CCC(C(=O)O)NC2)nc2c(-c3cnc4ccccc4c3)cnn12. The third kappa shape index (κ3) is 3.35. The van der Waals surface area contributed by atoms with Gasteiger partial charge < -0.3 is 10.4 Å². The molecule has 2 unspecified atom stereocenters. The number of aryl methyl sites for hydroxylation is 1. The number of fused-ring (bicyclic) bond motifs is 2. The minimum atomic E-state index is -0.783. The fraction of sp³-hybridized carbons (Fsp3) is 0.333. The Balaban J connectivity index is 1.61. The van der Waals surface area contributed by atoms with Gasteiger partial charge >= 0.3 is 5.97 Å². The molecule has 2 N–H and O–H groups in total. The molecule has 1 saturated heterocycles. The van der Waals surface area contributed by atoms with Gasteiger partial charge in [0.05, 0.1) is 17.4 Å². The van der Waals surface area contributed by atoms with Crippen molar-refractivity contribution >= 4 is 22.5 Å². The van der Waals surface area contributed by atoms with Crippen molar-refractivity contribution in [3.8, 4) is 11.1 Å². The number of hydrogen-bond donors (Lipinski definition) is 2. The number of aromatic nitrogens is 4. The molecule has 4 aromatic rings. The fourth-order valence-corrected chi connectivity index (χ4v) is 4.69. The first kappa shape index (κ1) is 19.6. The lowest BCUT2D eigenvalue weighted by atomic mass is 9.89. The van der Waals surface area contributed by atoms with Crippen LogP contribution in [-0.2, 0) is 11.2 Å². The van der Waals surface area contributed by atoms with Gasteiger partial charge in [0.15, 0.2) is 5.65 Å². The van der Waals surface area contributed by atoms with Crippen LogP contribution in [0.4, 0.5) is 0 Å². The highest BCUT2D eigenvalue weighted by atomic mass is 16.4. The molecule has 158 valence electrons. The smallest absolute Gasteiger partial charge is 0.320 e. The molecule has 4 heterocycles. The summed E-state index contributed by atoms with van der Waals surface area (Å²) in [4.78, 5) is 21.0. The zero-order valence-electron chi connectivity index (χ0n) is 17.7. The van der Waals surface area contributed by atoms with Crippen molar-refractivity contribution < 1.29 is 9.90 Å². The number of carbonyl (C=O) groups is 1. The molecule has 3 aromatic heterocycles. The zero-order chi connectivity index (χ0) is 21.5. The maximum atomic E-state index is 11.3. The van der Waals surface area contributed by atoms with Gasteiger partial charge in [0.2, 0.25) is 0 Å². The third-order valence-corrected chi connectivity index (χ3v) is 6.38. The van der Waals surface area contributed by atoms with E-state index in [2.05, 4.69) is 41.4 Å². The Kier molecular flexibility index (Phi) is 4.90. The van der Waals surface area contributed by atoms with E-state index in [9.17, 15) is 9.90 Å². The van der Waals surface area contributed by atoms with Crippen molar-refractivity contribution in [3.05, 3.63) is 59.7 Å². The average molecular weight is 415 g/mol. The monoisotopic (exact) mass is 415 g/mol. The molecule has 1 fully saturated rings. The van der Waals surface area contributed by atoms with Crippen molar-refractivity contribution in [2.45, 2.75) is 45.1 Å². The maximum Gasteiger partial charge on any atom is 0.320 e. The van der Waals surface area contributed by atoms with Crippen LogP contribution >= 0.6 is 0 Å². The standard InChI is InChI=1S/C24H25N5O2/c1-3-21-14(2)22(16-8-9-20(24(30)31)26-11-16)28-23-18(13-27-29(21)23)17-10-15-6-4-5-7-19(15)25-12-17/h4-7,10,12-13,16,20,26H,3,8-9,11H2,1-2H3,(H,30,31). The summed E-state index contributed by atoms with van der Waals surface area (Å²) < 4.78 is 1.94. The normalized spacial score (nSPS) is 19.2. The lowest BCUT2D eigenvalue weighted by Gasteiger charge is -2.28. The number of carboxylic acid groups (broad SMARTS) is 1. The predicted molar refractivity (Wildman–Crippen MR) is 119 cm³/mol. The Labute approximate surface area is 180 Å². The molecule has 1 aliphatic rings. The summed E-state index contributed by atoms with van der Waals surface area (Å²) in [7, 11) is 0. The number of rotatable bonds is 4. The molecule has 0 radical (unpaired) electrons. The molecule has 0 spiro atoms.